The number of hydrogen-bond donors (Lipinski definition) is 0. The second-order valence-electron chi connectivity index (χ2n) is 14.7. The molecule has 0 fully saturated rings. The summed E-state index contributed by atoms with van der Waals surface area (Å²) >= 11 is 0. The molecule has 242 valence electrons. The fourth-order valence-corrected chi connectivity index (χ4v) is 11.5. The number of fused-ring (bicyclic) bond motifs is 4. The van der Waals surface area contributed by atoms with Crippen LogP contribution in [0, 0.1) is 13.8 Å². The average molecular weight is 646 g/mol. The quantitative estimate of drug-likeness (QED) is 0.105. The second-order valence-corrected chi connectivity index (χ2v) is 19.0. The molecule has 2 aliphatic rings. The van der Waals surface area contributed by atoms with Crippen LogP contribution in [0.3, 0.4) is 0 Å². The number of hydrogen-bond acceptors (Lipinski definition) is 1. The minimum atomic E-state index is -2.01. The van der Waals surface area contributed by atoms with Crippen LogP contribution in [0.2, 0.25) is 13.1 Å². The molecule has 0 bridgehead atoms. The van der Waals surface area contributed by atoms with Gasteiger partial charge in [-0.25, -0.2) is 4.58 Å². The van der Waals surface area contributed by atoms with Gasteiger partial charge >= 0.3 is 0 Å². The summed E-state index contributed by atoms with van der Waals surface area (Å²) in [5, 5.41) is 8.63. The summed E-state index contributed by atoms with van der Waals surface area (Å²) in [5.41, 5.74) is 16.2. The largest absolute Gasteiger partial charge is 0.378 e. The van der Waals surface area contributed by atoms with E-state index in [0.29, 0.717) is 0 Å². The molecule has 0 saturated heterocycles. The van der Waals surface area contributed by atoms with Gasteiger partial charge in [-0.3, -0.25) is 0 Å². The van der Waals surface area contributed by atoms with E-state index in [0.717, 1.165) is 12.8 Å². The van der Waals surface area contributed by atoms with E-state index < -0.39 is 8.07 Å². The maximum absolute atomic E-state index is 2.53. The van der Waals surface area contributed by atoms with Crippen molar-refractivity contribution in [1.29, 1.82) is 0 Å². The summed E-state index contributed by atoms with van der Waals surface area (Å²) in [5.74, 6) is 0. The Morgan fingerprint density at radius 3 is 1.96 bits per heavy atom. The van der Waals surface area contributed by atoms with Crippen LogP contribution in [0.5, 0.6) is 0 Å². The molecule has 3 heteroatoms. The molecule has 0 unspecified atom stereocenters. The van der Waals surface area contributed by atoms with Gasteiger partial charge in [0.05, 0.1) is 0 Å². The molecule has 0 aromatic heterocycles. The molecule has 0 amide bonds. The summed E-state index contributed by atoms with van der Waals surface area (Å²) in [4.78, 5) is 2.24. The topological polar surface area (TPSA) is 6.25 Å². The van der Waals surface area contributed by atoms with Crippen LogP contribution < -0.4 is 10.1 Å². The van der Waals surface area contributed by atoms with Crippen LogP contribution in [0.4, 0.5) is 5.69 Å². The van der Waals surface area contributed by atoms with E-state index in [1.807, 2.05) is 0 Å². The normalized spacial score (nSPS) is 15.1. The zero-order chi connectivity index (χ0) is 34.1. The number of aryl methyl sites for hydroxylation is 4. The van der Waals surface area contributed by atoms with E-state index >= 15 is 0 Å². The van der Waals surface area contributed by atoms with Gasteiger partial charge in [0.15, 0.2) is 5.71 Å². The van der Waals surface area contributed by atoms with E-state index in [1.165, 1.54) is 99.0 Å². The van der Waals surface area contributed by atoms with Crippen molar-refractivity contribution in [2.45, 2.75) is 53.6 Å². The van der Waals surface area contributed by atoms with Gasteiger partial charge in [0, 0.05) is 31.9 Å². The van der Waals surface area contributed by atoms with Gasteiger partial charge < -0.3 is 4.90 Å². The Kier molecular flexibility index (Phi) is 7.95. The smallest absolute Gasteiger partial charge is 0.199 e. The standard InChI is InChI=1S/C45H49N2Si/c1-11-33-35-15-13-14-16-36(35)34(12-2)42-24-30(17-20-37(33)42)40-27-41(29(4)23-28(40)3)45-38-21-18-31(46(5)6)25-43(38)48(9,10)44-26-32(47(7)8)19-22-39(44)45/h13-27H,11-12H2,1-10H3/q+1. The minimum absolute atomic E-state index is 1.01. The Morgan fingerprint density at radius 2 is 1.31 bits per heavy atom. The fourth-order valence-electron chi connectivity index (χ4n) is 8.39. The van der Waals surface area contributed by atoms with Gasteiger partial charge in [-0.05, 0) is 145 Å². The zero-order valence-corrected chi connectivity index (χ0v) is 31.5. The van der Waals surface area contributed by atoms with Crippen molar-refractivity contribution < 1.29 is 4.58 Å². The van der Waals surface area contributed by atoms with E-state index in [1.54, 1.807) is 0 Å². The molecule has 0 radical (unpaired) electrons. The third kappa shape index (κ3) is 4.94. The van der Waals surface area contributed by atoms with E-state index in [4.69, 9.17) is 0 Å². The van der Waals surface area contributed by atoms with Crippen molar-refractivity contribution >= 4 is 51.8 Å². The van der Waals surface area contributed by atoms with Gasteiger partial charge in [0.2, 0.25) is 0 Å². The summed E-state index contributed by atoms with van der Waals surface area (Å²) in [7, 11) is 6.59. The lowest BCUT2D eigenvalue weighted by molar-refractivity contribution is -0.462. The molecule has 5 aromatic rings. The molecular formula is C45H49N2Si+. The summed E-state index contributed by atoms with van der Waals surface area (Å²) in [6, 6.07) is 28.3. The Bertz CT molecular complexity index is 2290. The highest BCUT2D eigenvalue weighted by molar-refractivity contribution is 6.98. The van der Waals surface area contributed by atoms with Crippen molar-refractivity contribution in [3.63, 3.8) is 0 Å². The predicted molar refractivity (Wildman–Crippen MR) is 213 cm³/mol. The fraction of sp³-hybridized carbons (Fsp3) is 0.267. The second kappa shape index (κ2) is 11.9. The summed E-state index contributed by atoms with van der Waals surface area (Å²) in [6.45, 7) is 14.2. The number of rotatable bonds is 5. The highest BCUT2D eigenvalue weighted by Crippen LogP contribution is 2.44. The Morgan fingerprint density at radius 1 is 0.667 bits per heavy atom. The molecule has 1 aliphatic carbocycles. The first-order valence-corrected chi connectivity index (χ1v) is 20.6. The SMILES string of the molecule is CCc1c2ccccc2c(CC)c2cc(-c3cc(C4=C5C=CC(=[N+](C)C)C=C5[Si](C)(C)c5cc(N(C)C)ccc54)c(C)cc3C)ccc12. The molecule has 48 heavy (non-hydrogen) atoms. The van der Waals surface area contributed by atoms with Crippen LogP contribution in [0.25, 0.3) is 38.2 Å². The Hall–Kier alpha value is -4.47. The third-order valence-electron chi connectivity index (χ3n) is 11.0. The van der Waals surface area contributed by atoms with Crippen molar-refractivity contribution in [3.8, 4) is 11.1 Å². The van der Waals surface area contributed by atoms with E-state index in [2.05, 4.69) is 169 Å². The summed E-state index contributed by atoms with van der Waals surface area (Å²) < 4.78 is 2.24. The van der Waals surface area contributed by atoms with Crippen molar-refractivity contribution in [1.82, 2.24) is 0 Å². The number of allylic oxidation sites excluding steroid dienone is 5. The first-order valence-electron chi connectivity index (χ1n) is 17.6. The lowest BCUT2D eigenvalue weighted by atomic mass is 9.84. The molecule has 0 atom stereocenters. The van der Waals surface area contributed by atoms with Gasteiger partial charge in [-0.1, -0.05) is 75.5 Å². The van der Waals surface area contributed by atoms with Gasteiger partial charge in [-0.2, -0.15) is 0 Å². The molecule has 2 nitrogen and oxygen atoms in total. The van der Waals surface area contributed by atoms with E-state index in [-0.39, 0.29) is 0 Å². The zero-order valence-electron chi connectivity index (χ0n) is 30.5. The van der Waals surface area contributed by atoms with Crippen molar-refractivity contribution in [2.24, 2.45) is 0 Å². The highest BCUT2D eigenvalue weighted by Gasteiger charge is 2.40. The van der Waals surface area contributed by atoms with Crippen LogP contribution in [0.15, 0.2) is 102 Å². The average Bonchev–Trinajstić information content (AvgIpc) is 3.07. The first kappa shape index (κ1) is 32.1. The van der Waals surface area contributed by atoms with Crippen molar-refractivity contribution in [3.05, 3.63) is 135 Å². The lowest BCUT2D eigenvalue weighted by Crippen LogP contribution is -2.49. The lowest BCUT2D eigenvalue weighted by Gasteiger charge is -2.38. The molecule has 0 N–H and O–H groups in total. The third-order valence-corrected chi connectivity index (χ3v) is 14.6. The number of nitrogens with zero attached hydrogens (tertiary/aromatic N) is 2. The maximum atomic E-state index is 2.53. The molecule has 0 saturated carbocycles. The first-order chi connectivity index (χ1) is 23.0. The predicted octanol–water partition coefficient (Wildman–Crippen LogP) is 9.95. The highest BCUT2D eigenvalue weighted by atomic mass is 28.3. The molecule has 1 aliphatic heterocycles. The molecule has 5 aromatic carbocycles. The van der Waals surface area contributed by atoms with Crippen LogP contribution in [-0.4, -0.2) is 46.6 Å². The van der Waals surface area contributed by atoms with Gasteiger partial charge in [0.25, 0.3) is 0 Å². The number of anilines is 1. The molecular weight excluding hydrogens is 597 g/mol. The van der Waals surface area contributed by atoms with Gasteiger partial charge in [-0.15, -0.1) is 0 Å². The molecule has 1 heterocycles. The van der Waals surface area contributed by atoms with Gasteiger partial charge in [0.1, 0.15) is 22.2 Å². The molecule has 0 spiro atoms. The minimum Gasteiger partial charge on any atom is -0.378 e. The Balaban J connectivity index is 1.51. The van der Waals surface area contributed by atoms with Crippen LogP contribution >= 0.6 is 0 Å². The maximum Gasteiger partial charge on any atom is 0.199 e. The van der Waals surface area contributed by atoms with Crippen LogP contribution in [-0.2, 0) is 12.8 Å². The summed E-state index contributed by atoms with van der Waals surface area (Å²) in [6.07, 6.45) is 9.21. The molecule has 7 rings (SSSR count). The van der Waals surface area contributed by atoms with E-state index in [9.17, 15) is 0 Å². The van der Waals surface area contributed by atoms with Crippen LogP contribution in [0.1, 0.15) is 47.2 Å². The number of benzene rings is 5. The Labute approximate surface area is 288 Å². The monoisotopic (exact) mass is 645 g/mol. The van der Waals surface area contributed by atoms with Crippen molar-refractivity contribution in [2.75, 3.05) is 33.1 Å².